The highest BCUT2D eigenvalue weighted by atomic mass is 35.5. The number of anilines is 1. The quantitative estimate of drug-likeness (QED) is 0.246. The van der Waals surface area contributed by atoms with Crippen molar-refractivity contribution in [3.8, 4) is 16.9 Å². The van der Waals surface area contributed by atoms with Gasteiger partial charge in [-0.1, -0.05) is 52.5 Å². The minimum absolute atomic E-state index is 0.178. The van der Waals surface area contributed by atoms with E-state index in [0.717, 1.165) is 36.1 Å². The largest absolute Gasteiger partial charge is 0.542 e. The van der Waals surface area contributed by atoms with E-state index in [4.69, 9.17) is 37.8 Å². The number of carboxylic acid groups (broad SMARTS) is 1. The molecule has 1 atom stereocenters. The normalized spacial score (nSPS) is 14.7. The van der Waals surface area contributed by atoms with Crippen LogP contribution < -0.4 is 26.0 Å². The highest BCUT2D eigenvalue weighted by Crippen LogP contribution is 2.37. The Kier molecular flexibility index (Phi) is 11.3. The lowest BCUT2D eigenvalue weighted by Gasteiger charge is -2.21. The summed E-state index contributed by atoms with van der Waals surface area (Å²) >= 11 is 12.5. The first-order valence-corrected chi connectivity index (χ1v) is 15.0. The number of ether oxygens (including phenoxy) is 1. The summed E-state index contributed by atoms with van der Waals surface area (Å²) in [4.78, 5) is 46.3. The minimum atomic E-state index is -5.19. The van der Waals surface area contributed by atoms with Crippen molar-refractivity contribution in [2.24, 2.45) is 0 Å². The first-order valence-electron chi connectivity index (χ1n) is 14.2. The number of fused-ring (bicyclic) bond motifs is 1. The number of carboxylic acids is 1. The van der Waals surface area contributed by atoms with Gasteiger partial charge in [0.1, 0.15) is 29.0 Å². The zero-order chi connectivity index (χ0) is 33.6. The third-order valence-corrected chi connectivity index (χ3v) is 7.70. The number of aryl methyl sites for hydroxylation is 2. The molecule has 2 aromatic carbocycles. The highest BCUT2D eigenvalue weighted by molar-refractivity contribution is 6.35. The molecule has 1 aliphatic rings. The van der Waals surface area contributed by atoms with Crippen molar-refractivity contribution in [3.05, 3.63) is 79.9 Å². The Labute approximate surface area is 271 Å². The van der Waals surface area contributed by atoms with Crippen LogP contribution in [0.1, 0.15) is 47.2 Å². The van der Waals surface area contributed by atoms with Crippen molar-refractivity contribution in [1.29, 1.82) is 0 Å². The van der Waals surface area contributed by atoms with Crippen molar-refractivity contribution in [3.63, 3.8) is 0 Å². The van der Waals surface area contributed by atoms with Gasteiger partial charge in [-0.05, 0) is 50.8 Å². The first kappa shape index (κ1) is 34.7. The molecule has 0 aliphatic carbocycles. The number of aromatic amines is 1. The molecule has 244 valence electrons. The summed E-state index contributed by atoms with van der Waals surface area (Å²) in [7, 11) is 0. The molecular weight excluding hydrogens is 650 g/mol. The summed E-state index contributed by atoms with van der Waals surface area (Å²) in [6.07, 6.45) is 0.528. The number of quaternary nitrogens is 1. The van der Waals surface area contributed by atoms with Gasteiger partial charge in [0.05, 0.1) is 40.9 Å². The van der Waals surface area contributed by atoms with Gasteiger partial charge in [0, 0.05) is 17.9 Å². The Balaban J connectivity index is 0.000000617. The third-order valence-electron chi connectivity index (χ3n) is 7.18. The number of piperidine rings is 1. The Morgan fingerprint density at radius 1 is 1.09 bits per heavy atom. The first-order chi connectivity index (χ1) is 21.7. The van der Waals surface area contributed by atoms with Crippen molar-refractivity contribution >= 4 is 51.8 Å². The van der Waals surface area contributed by atoms with Crippen LogP contribution in [-0.2, 0) is 4.79 Å². The smallest absolute Gasteiger partial charge is 0.430 e. The zero-order valence-corrected chi connectivity index (χ0v) is 26.3. The lowest BCUT2D eigenvalue weighted by molar-refractivity contribution is -0.698. The van der Waals surface area contributed by atoms with E-state index in [2.05, 4.69) is 31.7 Å². The van der Waals surface area contributed by atoms with Gasteiger partial charge in [0.25, 0.3) is 11.5 Å². The van der Waals surface area contributed by atoms with Gasteiger partial charge in [0.2, 0.25) is 0 Å². The van der Waals surface area contributed by atoms with E-state index in [9.17, 15) is 22.8 Å². The molecule has 0 radical (unpaired) electrons. The number of aliphatic carboxylic acids is 1. The number of amides is 1. The molecule has 1 unspecified atom stereocenters. The van der Waals surface area contributed by atoms with Crippen LogP contribution in [0.5, 0.6) is 5.75 Å². The number of nitrogens with zero attached hydrogens (tertiary/aromatic N) is 2. The molecule has 0 spiro atoms. The second-order valence-electron chi connectivity index (χ2n) is 10.8. The minimum Gasteiger partial charge on any atom is -0.542 e. The fourth-order valence-corrected chi connectivity index (χ4v) is 5.57. The molecule has 1 aliphatic heterocycles. The van der Waals surface area contributed by atoms with Crippen LogP contribution >= 0.6 is 23.2 Å². The summed E-state index contributed by atoms with van der Waals surface area (Å²) in [5, 5.41) is 14.8. The van der Waals surface area contributed by atoms with E-state index in [1.165, 1.54) is 25.2 Å². The second kappa shape index (κ2) is 14.9. The van der Waals surface area contributed by atoms with Crippen molar-refractivity contribution < 1.29 is 37.9 Å². The molecule has 4 N–H and O–H groups in total. The lowest BCUT2D eigenvalue weighted by Crippen LogP contribution is -2.91. The van der Waals surface area contributed by atoms with E-state index < -0.39 is 18.1 Å². The summed E-state index contributed by atoms with van der Waals surface area (Å²) in [6, 6.07) is 11.2. The average Bonchev–Trinajstić information content (AvgIpc) is 2.96. The number of hydrogen-bond acceptors (Lipinski definition) is 7. The van der Waals surface area contributed by atoms with Crippen LogP contribution in [-0.4, -0.2) is 52.2 Å². The molecule has 5 rings (SSSR count). The number of benzene rings is 2. The number of rotatable bonds is 7. The Hall–Kier alpha value is -4.20. The van der Waals surface area contributed by atoms with Crippen molar-refractivity contribution in [2.75, 3.05) is 18.5 Å². The van der Waals surface area contributed by atoms with Gasteiger partial charge in [-0.15, -0.1) is 0 Å². The molecule has 46 heavy (non-hydrogen) atoms. The molecule has 3 heterocycles. The number of aromatic nitrogens is 3. The fraction of sp³-hybridized carbons (Fsp3) is 0.323. The lowest BCUT2D eigenvalue weighted by atomic mass is 9.98. The number of carbonyl (C=O) groups is 2. The maximum absolute atomic E-state index is 13.5. The van der Waals surface area contributed by atoms with Gasteiger partial charge in [0.15, 0.2) is 0 Å². The van der Waals surface area contributed by atoms with E-state index in [1.54, 1.807) is 12.1 Å². The molecule has 2 aromatic heterocycles. The zero-order valence-electron chi connectivity index (χ0n) is 24.8. The number of hydrogen-bond donors (Lipinski definition) is 3. The van der Waals surface area contributed by atoms with Crippen LogP contribution in [0.15, 0.2) is 47.5 Å². The van der Waals surface area contributed by atoms with E-state index in [0.29, 0.717) is 34.9 Å². The van der Waals surface area contributed by atoms with Crippen LogP contribution in [0.4, 0.5) is 19.0 Å². The van der Waals surface area contributed by atoms with Gasteiger partial charge in [-0.2, -0.15) is 13.2 Å². The number of H-pyrrole nitrogens is 1. The van der Waals surface area contributed by atoms with Crippen molar-refractivity contribution in [2.45, 2.75) is 51.7 Å². The van der Waals surface area contributed by atoms with Gasteiger partial charge in [-0.3, -0.25) is 9.59 Å². The topological polar surface area (TPSA) is 154 Å². The van der Waals surface area contributed by atoms with Crippen LogP contribution in [0, 0.1) is 13.8 Å². The predicted octanol–water partition coefficient (Wildman–Crippen LogP) is 4.34. The van der Waals surface area contributed by atoms with Crippen molar-refractivity contribution in [1.82, 2.24) is 15.0 Å². The average molecular weight is 681 g/mol. The summed E-state index contributed by atoms with van der Waals surface area (Å²) in [5.41, 5.74) is 3.67. The standard InChI is InChI=1S/C29H29Cl2N5O3.C2HF3O2/c1-16-9-17(2)11-18(10-16)26-27(39-8-6-19-5-3-4-7-32-19)21-12-20(22(30)13-23(21)35-29(26)38)28(37)36-25-14-24(31)33-15-34-25;3-2(4,5)1(6)7/h9-15,19,32H,3-8H2,1-2H3,(H,35,38)(H,33,34,36,37);(H,6,7). The Bertz CT molecular complexity index is 1790. The van der Waals surface area contributed by atoms with Gasteiger partial charge in [-0.25, -0.2) is 9.97 Å². The number of nitrogens with one attached hydrogen (secondary N) is 2. The summed E-state index contributed by atoms with van der Waals surface area (Å²) in [5.74, 6) is -2.80. The Morgan fingerprint density at radius 3 is 2.39 bits per heavy atom. The number of nitrogens with two attached hydrogens (primary N) is 1. The number of pyridine rings is 1. The molecule has 1 saturated heterocycles. The van der Waals surface area contributed by atoms with Crippen LogP contribution in [0.3, 0.4) is 0 Å². The monoisotopic (exact) mass is 679 g/mol. The van der Waals surface area contributed by atoms with Gasteiger partial charge >= 0.3 is 6.18 Å². The van der Waals surface area contributed by atoms with Gasteiger partial charge < -0.3 is 30.3 Å². The number of alkyl halides is 3. The molecule has 1 amide bonds. The predicted molar refractivity (Wildman–Crippen MR) is 165 cm³/mol. The maximum atomic E-state index is 13.5. The summed E-state index contributed by atoms with van der Waals surface area (Å²) < 4.78 is 38.0. The van der Waals surface area contributed by atoms with Crippen LogP contribution in [0.25, 0.3) is 22.0 Å². The molecule has 4 aromatic rings. The second-order valence-corrected chi connectivity index (χ2v) is 11.6. The van der Waals surface area contributed by atoms with E-state index in [1.807, 2.05) is 26.0 Å². The SMILES string of the molecule is Cc1cc(C)cc(-c2c(OCCC3CCCC[NH2+]3)c3cc(C(=O)Nc4cc(Cl)ncn4)c(Cl)cc3[nH]c2=O)c1.O=C([O-])C(F)(F)F. The highest BCUT2D eigenvalue weighted by Gasteiger charge is 2.29. The van der Waals surface area contributed by atoms with Crippen LogP contribution in [0.2, 0.25) is 10.2 Å². The summed E-state index contributed by atoms with van der Waals surface area (Å²) in [6.45, 7) is 5.56. The number of carbonyl (C=O) groups excluding carboxylic acids is 2. The van der Waals surface area contributed by atoms with E-state index in [-0.39, 0.29) is 27.1 Å². The molecule has 1 fully saturated rings. The van der Waals surface area contributed by atoms with E-state index >= 15 is 0 Å². The maximum Gasteiger partial charge on any atom is 0.430 e. The molecule has 0 saturated carbocycles. The number of halogens is 5. The molecule has 10 nitrogen and oxygen atoms in total. The fourth-order valence-electron chi connectivity index (χ4n) is 5.17. The molecular formula is C31H30Cl2F3N5O5. The molecule has 15 heteroatoms. The Morgan fingerprint density at radius 2 is 1.78 bits per heavy atom. The molecule has 0 bridgehead atoms. The third kappa shape index (κ3) is 8.95.